The van der Waals surface area contributed by atoms with Crippen molar-refractivity contribution in [3.05, 3.63) is 0 Å². The van der Waals surface area contributed by atoms with Gasteiger partial charge in [0.05, 0.1) is 0 Å². The van der Waals surface area contributed by atoms with Gasteiger partial charge in [-0.2, -0.15) is 0 Å². The molecule has 1 saturated carbocycles. The van der Waals surface area contributed by atoms with Crippen LogP contribution < -0.4 is 0 Å². The summed E-state index contributed by atoms with van der Waals surface area (Å²) in [5.41, 5.74) is -0.488. The van der Waals surface area contributed by atoms with E-state index in [-0.39, 0.29) is 0 Å². The highest BCUT2D eigenvalue weighted by atomic mass is 16.5. The fourth-order valence-electron chi connectivity index (χ4n) is 2.16. The van der Waals surface area contributed by atoms with Crippen LogP contribution in [-0.2, 0) is 9.53 Å². The summed E-state index contributed by atoms with van der Waals surface area (Å²) in [5.74, 6) is 0.956. The Labute approximate surface area is 74.3 Å². The second kappa shape index (κ2) is 3.56. The van der Waals surface area contributed by atoms with E-state index in [1.165, 1.54) is 6.42 Å². The summed E-state index contributed by atoms with van der Waals surface area (Å²) in [7, 11) is 1.64. The quantitative estimate of drug-likeness (QED) is 0.593. The number of aldehydes is 1. The first-order valence-corrected chi connectivity index (χ1v) is 4.68. The van der Waals surface area contributed by atoms with E-state index >= 15 is 0 Å². The maximum Gasteiger partial charge on any atom is 0.152 e. The molecule has 0 heterocycles. The van der Waals surface area contributed by atoms with E-state index in [0.29, 0.717) is 11.8 Å². The van der Waals surface area contributed by atoms with Gasteiger partial charge in [-0.25, -0.2) is 0 Å². The van der Waals surface area contributed by atoms with Crippen LogP contribution in [-0.4, -0.2) is 19.0 Å². The van der Waals surface area contributed by atoms with Crippen LogP contribution in [0.4, 0.5) is 0 Å². The van der Waals surface area contributed by atoms with E-state index in [1.807, 2.05) is 0 Å². The number of carbonyl (C=O) groups excluding carboxylic acids is 1. The topological polar surface area (TPSA) is 26.3 Å². The van der Waals surface area contributed by atoms with Crippen LogP contribution in [0.3, 0.4) is 0 Å². The Kier molecular flexibility index (Phi) is 2.89. The molecule has 2 nitrogen and oxygen atoms in total. The minimum Gasteiger partial charge on any atom is -0.370 e. The Bertz CT molecular complexity index is 167. The first-order valence-electron chi connectivity index (χ1n) is 4.68. The Morgan fingerprint density at radius 1 is 1.50 bits per heavy atom. The van der Waals surface area contributed by atoms with Gasteiger partial charge in [0.2, 0.25) is 0 Å². The van der Waals surface area contributed by atoms with Gasteiger partial charge in [0.25, 0.3) is 0 Å². The maximum absolute atomic E-state index is 10.9. The Morgan fingerprint density at radius 3 is 2.58 bits per heavy atom. The van der Waals surface area contributed by atoms with Crippen molar-refractivity contribution in [1.29, 1.82) is 0 Å². The average Bonchev–Trinajstić information content (AvgIpc) is 2.11. The van der Waals surface area contributed by atoms with Gasteiger partial charge >= 0.3 is 0 Å². The minimum atomic E-state index is -0.488. The van der Waals surface area contributed by atoms with Crippen LogP contribution >= 0.6 is 0 Å². The van der Waals surface area contributed by atoms with Crippen molar-refractivity contribution in [3.8, 4) is 0 Å². The summed E-state index contributed by atoms with van der Waals surface area (Å²) in [6.07, 6.45) is 4.21. The second-order valence-electron chi connectivity index (χ2n) is 3.94. The van der Waals surface area contributed by atoms with E-state index in [9.17, 15) is 4.79 Å². The summed E-state index contributed by atoms with van der Waals surface area (Å²) in [5, 5.41) is 0. The molecule has 1 aliphatic rings. The summed E-state index contributed by atoms with van der Waals surface area (Å²) in [4.78, 5) is 10.9. The van der Waals surface area contributed by atoms with Gasteiger partial charge in [-0.05, 0) is 24.7 Å². The molecule has 3 unspecified atom stereocenters. The number of carbonyl (C=O) groups is 1. The molecule has 0 N–H and O–H groups in total. The van der Waals surface area contributed by atoms with Crippen molar-refractivity contribution < 1.29 is 9.53 Å². The molecule has 0 aliphatic heterocycles. The molecule has 1 rings (SSSR count). The van der Waals surface area contributed by atoms with Crippen LogP contribution in [0.25, 0.3) is 0 Å². The number of ether oxygens (including phenoxy) is 1. The molecular formula is C10H18O2. The Morgan fingerprint density at radius 2 is 2.17 bits per heavy atom. The zero-order valence-corrected chi connectivity index (χ0v) is 8.17. The average molecular weight is 170 g/mol. The number of rotatable bonds is 2. The normalized spacial score (nSPS) is 42.6. The predicted octanol–water partition coefficient (Wildman–Crippen LogP) is 2.03. The highest BCUT2D eigenvalue weighted by molar-refractivity contribution is 5.63. The monoisotopic (exact) mass is 170 g/mol. The van der Waals surface area contributed by atoms with Crippen molar-refractivity contribution in [2.75, 3.05) is 7.11 Å². The fraction of sp³-hybridized carbons (Fsp3) is 0.900. The van der Waals surface area contributed by atoms with Crippen LogP contribution in [0.2, 0.25) is 0 Å². The molecule has 3 atom stereocenters. The SMILES string of the molecule is COC1(C=O)CCCC(C)C1C. The van der Waals surface area contributed by atoms with Gasteiger partial charge in [0.15, 0.2) is 6.29 Å². The molecule has 0 aromatic carbocycles. The first kappa shape index (κ1) is 9.72. The summed E-state index contributed by atoms with van der Waals surface area (Å²) < 4.78 is 5.34. The molecule has 70 valence electrons. The summed E-state index contributed by atoms with van der Waals surface area (Å²) >= 11 is 0. The minimum absolute atomic E-state index is 0.355. The number of hydrogen-bond donors (Lipinski definition) is 0. The molecule has 0 spiro atoms. The zero-order chi connectivity index (χ0) is 9.19. The zero-order valence-electron chi connectivity index (χ0n) is 8.17. The smallest absolute Gasteiger partial charge is 0.152 e. The molecular weight excluding hydrogens is 152 g/mol. The third-order valence-electron chi connectivity index (χ3n) is 3.43. The lowest BCUT2D eigenvalue weighted by molar-refractivity contribution is -0.142. The highest BCUT2D eigenvalue weighted by Gasteiger charge is 2.41. The predicted molar refractivity (Wildman–Crippen MR) is 48.0 cm³/mol. The molecule has 0 amide bonds. The third-order valence-corrected chi connectivity index (χ3v) is 3.43. The molecule has 12 heavy (non-hydrogen) atoms. The molecule has 1 aliphatic carbocycles. The molecule has 0 aromatic rings. The molecule has 0 saturated heterocycles. The van der Waals surface area contributed by atoms with Crippen molar-refractivity contribution in [2.24, 2.45) is 11.8 Å². The third kappa shape index (κ3) is 1.40. The molecule has 0 aromatic heterocycles. The van der Waals surface area contributed by atoms with Crippen LogP contribution in [0.5, 0.6) is 0 Å². The lowest BCUT2D eigenvalue weighted by Gasteiger charge is -2.40. The molecule has 2 heteroatoms. The van der Waals surface area contributed by atoms with Gasteiger partial charge in [0.1, 0.15) is 5.60 Å². The van der Waals surface area contributed by atoms with Crippen molar-refractivity contribution in [3.63, 3.8) is 0 Å². The molecule has 1 fully saturated rings. The Hall–Kier alpha value is -0.370. The molecule has 0 radical (unpaired) electrons. The van der Waals surface area contributed by atoms with Gasteiger partial charge < -0.3 is 9.53 Å². The maximum atomic E-state index is 10.9. The van der Waals surface area contributed by atoms with Gasteiger partial charge in [-0.3, -0.25) is 0 Å². The van der Waals surface area contributed by atoms with Crippen LogP contribution in [0.15, 0.2) is 0 Å². The Balaban J connectivity index is 2.78. The van der Waals surface area contributed by atoms with E-state index in [2.05, 4.69) is 13.8 Å². The van der Waals surface area contributed by atoms with E-state index < -0.39 is 5.60 Å². The number of hydrogen-bond acceptors (Lipinski definition) is 2. The lowest BCUT2D eigenvalue weighted by atomic mass is 9.71. The van der Waals surface area contributed by atoms with E-state index in [1.54, 1.807) is 7.11 Å². The second-order valence-corrected chi connectivity index (χ2v) is 3.94. The lowest BCUT2D eigenvalue weighted by Crippen LogP contribution is -2.46. The number of methoxy groups -OCH3 is 1. The first-order chi connectivity index (χ1) is 5.66. The van der Waals surface area contributed by atoms with Crippen molar-refractivity contribution >= 4 is 6.29 Å². The van der Waals surface area contributed by atoms with Crippen LogP contribution in [0.1, 0.15) is 33.1 Å². The largest absolute Gasteiger partial charge is 0.370 e. The van der Waals surface area contributed by atoms with Crippen LogP contribution in [0, 0.1) is 11.8 Å². The fourth-order valence-corrected chi connectivity index (χ4v) is 2.16. The van der Waals surface area contributed by atoms with Gasteiger partial charge in [-0.1, -0.05) is 20.3 Å². The van der Waals surface area contributed by atoms with E-state index in [4.69, 9.17) is 4.74 Å². The van der Waals surface area contributed by atoms with Crippen molar-refractivity contribution in [2.45, 2.75) is 38.7 Å². The van der Waals surface area contributed by atoms with Gasteiger partial charge in [-0.15, -0.1) is 0 Å². The summed E-state index contributed by atoms with van der Waals surface area (Å²) in [6.45, 7) is 4.31. The van der Waals surface area contributed by atoms with Gasteiger partial charge in [0, 0.05) is 7.11 Å². The van der Waals surface area contributed by atoms with Crippen molar-refractivity contribution in [1.82, 2.24) is 0 Å². The van der Waals surface area contributed by atoms with E-state index in [0.717, 1.165) is 19.1 Å². The highest BCUT2D eigenvalue weighted by Crippen LogP contribution is 2.38. The summed E-state index contributed by atoms with van der Waals surface area (Å²) in [6, 6.07) is 0. The standard InChI is InChI=1S/C10H18O2/c1-8-5-4-6-10(7-11,12-3)9(8)2/h7-9H,4-6H2,1-3H3. The molecule has 0 bridgehead atoms.